The molecule has 6 N–H and O–H groups in total. The molecule has 3 aliphatic rings. The number of methoxy groups -OCH3 is 1. The third-order valence-electron chi connectivity index (χ3n) is 16.5. The van der Waals surface area contributed by atoms with E-state index in [-0.39, 0.29) is 50.5 Å². The zero-order chi connectivity index (χ0) is 65.5. The number of aliphatic hydroxyl groups excluding tert-OH is 2. The summed E-state index contributed by atoms with van der Waals surface area (Å²) in [5, 5.41) is 49.7. The molecule has 1 amide bonds. The van der Waals surface area contributed by atoms with Gasteiger partial charge in [-0.3, -0.25) is 24.3 Å². The van der Waals surface area contributed by atoms with Crippen molar-refractivity contribution in [2.75, 3.05) is 33.1 Å². The maximum atomic E-state index is 14.2. The number of likely N-dealkylation sites (N-methyl/N-ethyl adjacent to an activating group) is 1. The molecule has 1 aromatic rings. The standard InChI is InChI=1S/C40H71NO14.C12H26O4S.C10H12ClNO2/c1-15-27-40(11,48)33(44)22(5)30(43)20(3)18-38(9,47)35(55-37-32(53-28(42)16-2)26(41(12)13)17-21(4)50-37)23(6)31(24(7)36(46)52-27)54-29-19-39(10,49-14)34(45)25(8)51-29;1-2-3-4-5-6-7-8-9-10-11-12-16-17(13,14)15;1-7(2)14-10(13)12-9-5-3-4-8(11)6-9/h20-27,29,31-35,37,44-45,47-48H,15-19H2,1-14H3;2-12H2,1H3,(H,13,14,15);3-7H,1-2H3,(H,12,13). The quantitative estimate of drug-likeness (QED) is 0.0257. The number of cyclic esters (lactones) is 1. The second kappa shape index (κ2) is 37.3. The number of hydrogen-bond donors (Lipinski definition) is 6. The van der Waals surface area contributed by atoms with Gasteiger partial charge in [-0.15, -0.1) is 0 Å². The van der Waals surface area contributed by atoms with E-state index in [2.05, 4.69) is 16.4 Å². The van der Waals surface area contributed by atoms with Crippen LogP contribution in [0.3, 0.4) is 0 Å². The number of Topliss-reactive ketones (excluding diaryl/α,β-unsaturated/α-hetero) is 1. The molecule has 3 heterocycles. The van der Waals surface area contributed by atoms with Crippen LogP contribution < -0.4 is 5.32 Å². The second-order valence-electron chi connectivity index (χ2n) is 24.8. The lowest BCUT2D eigenvalue weighted by Gasteiger charge is -2.49. The third-order valence-corrected chi connectivity index (χ3v) is 17.2. The van der Waals surface area contributed by atoms with Gasteiger partial charge in [0.05, 0.1) is 66.4 Å². The lowest BCUT2D eigenvalue weighted by molar-refractivity contribution is -0.319. The van der Waals surface area contributed by atoms with Crippen LogP contribution in [0.2, 0.25) is 5.02 Å². The topological polar surface area (TPSA) is 302 Å². The molecule has 3 aliphatic heterocycles. The summed E-state index contributed by atoms with van der Waals surface area (Å²) in [6.45, 7) is 23.9. The van der Waals surface area contributed by atoms with E-state index in [4.69, 9.17) is 54.0 Å². The van der Waals surface area contributed by atoms with E-state index in [9.17, 15) is 48.0 Å². The van der Waals surface area contributed by atoms with Gasteiger partial charge < -0.3 is 63.2 Å². The maximum absolute atomic E-state index is 14.2. The normalized spacial score (nSPS) is 33.9. The molecule has 4 rings (SSSR count). The summed E-state index contributed by atoms with van der Waals surface area (Å²) in [6, 6.07) is 6.57. The van der Waals surface area contributed by atoms with Crippen LogP contribution in [0.5, 0.6) is 0 Å². The van der Waals surface area contributed by atoms with Gasteiger partial charge in [-0.2, -0.15) is 8.42 Å². The highest BCUT2D eigenvalue weighted by atomic mass is 35.5. The van der Waals surface area contributed by atoms with Crippen molar-refractivity contribution in [3.05, 3.63) is 29.3 Å². The Morgan fingerprint density at radius 2 is 1.43 bits per heavy atom. The zero-order valence-electron chi connectivity index (χ0n) is 54.5. The Balaban J connectivity index is 0.000000657. The molecule has 1 aromatic carbocycles. The molecule has 0 aromatic heterocycles. The van der Waals surface area contributed by atoms with Gasteiger partial charge in [0.15, 0.2) is 18.7 Å². The van der Waals surface area contributed by atoms with Crippen LogP contribution in [-0.4, -0.2) is 180 Å². The van der Waals surface area contributed by atoms with Crippen LogP contribution in [0.15, 0.2) is 24.3 Å². The molecule has 18 atom stereocenters. The minimum Gasteiger partial charge on any atom is -0.459 e. The van der Waals surface area contributed by atoms with Crippen molar-refractivity contribution in [3.63, 3.8) is 0 Å². The number of esters is 2. The summed E-state index contributed by atoms with van der Waals surface area (Å²) in [6.07, 6.45) is 1.57. The molecule has 18 unspecified atom stereocenters. The molecule has 24 heteroatoms. The molecule has 0 aliphatic carbocycles. The van der Waals surface area contributed by atoms with Gasteiger partial charge in [0, 0.05) is 48.4 Å². The first-order valence-corrected chi connectivity index (χ1v) is 32.7. The number of ether oxygens (including phenoxy) is 8. The van der Waals surface area contributed by atoms with Gasteiger partial charge in [-0.05, 0) is 113 Å². The monoisotopic (exact) mass is 1270 g/mol. The number of unbranched alkanes of at least 4 members (excludes halogenated alkanes) is 9. The molecule has 0 spiro atoms. The SMILES string of the molecule is CC(C)OC(=O)Nc1cccc(Cl)c1.CCC(=O)OC1C(OC2C(C)C(OC3CC(C)(OC)C(O)C(C)O3)C(C)C(=O)OC(CC)C(C)(O)C(O)C(C)C(=O)C(C)CC2(C)O)OC(C)CC1N(C)C.CCCCCCCCCCCCOS(=O)(=O)O. The number of carbonyl (C=O) groups excluding carboxylic acids is 4. The van der Waals surface area contributed by atoms with E-state index in [0.29, 0.717) is 23.6 Å². The van der Waals surface area contributed by atoms with Gasteiger partial charge in [0.1, 0.15) is 23.6 Å². The molecule has 3 saturated heterocycles. The molecule has 22 nitrogen and oxygen atoms in total. The first-order valence-electron chi connectivity index (χ1n) is 30.9. The molecule has 3 fully saturated rings. The van der Waals surface area contributed by atoms with Gasteiger partial charge >= 0.3 is 28.4 Å². The fourth-order valence-corrected chi connectivity index (χ4v) is 12.0. The van der Waals surface area contributed by atoms with Crippen molar-refractivity contribution in [2.24, 2.45) is 23.7 Å². The lowest BCUT2D eigenvalue weighted by Crippen LogP contribution is -2.61. The number of hydrogen-bond acceptors (Lipinski definition) is 20. The number of halogens is 1. The largest absolute Gasteiger partial charge is 0.459 e. The average Bonchev–Trinajstić information content (AvgIpc) is 0.946. The van der Waals surface area contributed by atoms with Crippen LogP contribution in [0, 0.1) is 23.7 Å². The third kappa shape index (κ3) is 25.6. The number of amides is 1. The van der Waals surface area contributed by atoms with Crippen LogP contribution in [-0.2, 0) is 66.9 Å². The Hall–Kier alpha value is -3.14. The number of benzene rings is 1. The number of aliphatic hydroxyl groups is 4. The summed E-state index contributed by atoms with van der Waals surface area (Å²) in [7, 11) is 0.973. The van der Waals surface area contributed by atoms with E-state index in [1.807, 2.05) is 25.9 Å². The van der Waals surface area contributed by atoms with Crippen LogP contribution in [0.1, 0.15) is 193 Å². The molecule has 0 bridgehead atoms. The maximum Gasteiger partial charge on any atom is 0.411 e. The number of ketones is 1. The number of carbonyl (C=O) groups is 4. The van der Waals surface area contributed by atoms with E-state index >= 15 is 0 Å². The number of rotatable bonds is 23. The molecule has 86 heavy (non-hydrogen) atoms. The van der Waals surface area contributed by atoms with Crippen molar-refractivity contribution in [1.82, 2.24) is 4.90 Å². The number of nitrogens with one attached hydrogen (secondary N) is 1. The Kier molecular flexibility index (Phi) is 34.2. The summed E-state index contributed by atoms with van der Waals surface area (Å²) < 4.78 is 81.5. The molecule has 500 valence electrons. The van der Waals surface area contributed by atoms with Gasteiger partial charge in [0.2, 0.25) is 0 Å². The van der Waals surface area contributed by atoms with Crippen molar-refractivity contribution in [3.8, 4) is 0 Å². The predicted molar refractivity (Wildman–Crippen MR) is 326 cm³/mol. The summed E-state index contributed by atoms with van der Waals surface area (Å²) in [4.78, 5) is 54.0. The smallest absolute Gasteiger partial charge is 0.411 e. The molecule has 0 saturated carbocycles. The zero-order valence-corrected chi connectivity index (χ0v) is 56.0. The molecule has 0 radical (unpaired) electrons. The molecular formula is C62H109ClN2O20S. The number of anilines is 1. The first kappa shape index (κ1) is 79.0. The van der Waals surface area contributed by atoms with Crippen molar-refractivity contribution < 1.29 is 94.7 Å². The Morgan fingerprint density at radius 3 is 1.95 bits per heavy atom. The van der Waals surface area contributed by atoms with Gasteiger partial charge in [-0.25, -0.2) is 8.98 Å². The number of nitrogens with zero attached hydrogens (tertiary/aromatic N) is 1. The van der Waals surface area contributed by atoms with Gasteiger partial charge in [0.25, 0.3) is 0 Å². The minimum absolute atomic E-state index is 0.0760. The van der Waals surface area contributed by atoms with E-state index in [0.717, 1.165) is 12.8 Å². The van der Waals surface area contributed by atoms with Crippen LogP contribution >= 0.6 is 11.6 Å². The fourth-order valence-electron chi connectivity index (χ4n) is 11.4. The lowest BCUT2D eigenvalue weighted by atomic mass is 9.74. The molecular weight excluding hydrogens is 1160 g/mol. The van der Waals surface area contributed by atoms with Gasteiger partial charge in [-0.1, -0.05) is 117 Å². The second-order valence-corrected chi connectivity index (χ2v) is 26.3. The fraction of sp³-hybridized carbons (Fsp3) is 0.839. The minimum atomic E-state index is -4.23. The highest BCUT2D eigenvalue weighted by molar-refractivity contribution is 7.80. The van der Waals surface area contributed by atoms with E-state index in [1.165, 1.54) is 72.8 Å². The average molecular weight is 1270 g/mol. The van der Waals surface area contributed by atoms with Crippen molar-refractivity contribution >= 4 is 51.5 Å². The predicted octanol–water partition coefficient (Wildman–Crippen LogP) is 9.77. The Bertz CT molecular complexity index is 2290. The van der Waals surface area contributed by atoms with E-state index in [1.54, 1.807) is 86.6 Å². The first-order chi connectivity index (χ1) is 40.0. The summed E-state index contributed by atoms with van der Waals surface area (Å²) >= 11 is 5.74. The summed E-state index contributed by atoms with van der Waals surface area (Å²) in [5.74, 6) is -5.59. The van der Waals surface area contributed by atoms with Crippen LogP contribution in [0.4, 0.5) is 10.5 Å². The Labute approximate surface area is 518 Å². The van der Waals surface area contributed by atoms with Crippen molar-refractivity contribution in [2.45, 2.75) is 284 Å². The highest BCUT2D eigenvalue weighted by Gasteiger charge is 2.54. The Morgan fingerprint density at radius 1 is 0.837 bits per heavy atom. The summed E-state index contributed by atoms with van der Waals surface area (Å²) in [5.41, 5.74) is -4.29. The van der Waals surface area contributed by atoms with Crippen molar-refractivity contribution in [1.29, 1.82) is 0 Å². The highest BCUT2D eigenvalue weighted by Crippen LogP contribution is 2.41. The van der Waals surface area contributed by atoms with E-state index < -0.39 is 130 Å². The van der Waals surface area contributed by atoms with Crippen LogP contribution in [0.25, 0.3) is 0 Å².